The Morgan fingerprint density at radius 2 is 2.17 bits per heavy atom. The first-order chi connectivity index (χ1) is 8.70. The Hall–Kier alpha value is -1.00. The van der Waals surface area contributed by atoms with E-state index in [4.69, 9.17) is 4.74 Å². The van der Waals surface area contributed by atoms with Gasteiger partial charge in [0.1, 0.15) is 17.6 Å². The van der Waals surface area contributed by atoms with E-state index in [0.29, 0.717) is 11.7 Å². The first-order valence-corrected chi connectivity index (χ1v) is 8.26. The van der Waals surface area contributed by atoms with Crippen LogP contribution >= 0.6 is 0 Å². The average Bonchev–Trinajstić information content (AvgIpc) is 2.35. The standard InChI is InChI=1S/C14H22O3Si/c15-11-4-2-5-12(9-11)17-13-6-1-3-10(7-8-18)14(13)16/h2,4-5,9-10,13-16H,1,3,6-8H2,18H3. The zero-order chi connectivity index (χ0) is 13.0. The van der Waals surface area contributed by atoms with Gasteiger partial charge in [0.2, 0.25) is 0 Å². The molecular formula is C14H22O3Si. The van der Waals surface area contributed by atoms with Crippen LogP contribution in [0.2, 0.25) is 6.04 Å². The molecule has 0 spiro atoms. The van der Waals surface area contributed by atoms with Crippen molar-refractivity contribution in [3.8, 4) is 11.5 Å². The summed E-state index contributed by atoms with van der Waals surface area (Å²) in [5, 5.41) is 19.7. The van der Waals surface area contributed by atoms with E-state index in [9.17, 15) is 10.2 Å². The summed E-state index contributed by atoms with van der Waals surface area (Å²) < 4.78 is 5.83. The van der Waals surface area contributed by atoms with Gasteiger partial charge < -0.3 is 14.9 Å². The first-order valence-electron chi connectivity index (χ1n) is 6.84. The predicted octanol–water partition coefficient (Wildman–Crippen LogP) is 1.47. The summed E-state index contributed by atoms with van der Waals surface area (Å²) in [6.07, 6.45) is 3.76. The van der Waals surface area contributed by atoms with Crippen LogP contribution in [0.15, 0.2) is 24.3 Å². The van der Waals surface area contributed by atoms with Gasteiger partial charge in [-0.15, -0.1) is 0 Å². The Kier molecular flexibility index (Phi) is 4.66. The number of aliphatic hydroxyl groups excluding tert-OH is 1. The lowest BCUT2D eigenvalue weighted by atomic mass is 9.83. The van der Waals surface area contributed by atoms with Gasteiger partial charge in [-0.05, 0) is 37.3 Å². The molecule has 0 amide bonds. The van der Waals surface area contributed by atoms with Crippen molar-refractivity contribution in [2.45, 2.75) is 43.9 Å². The van der Waals surface area contributed by atoms with Crippen molar-refractivity contribution in [2.24, 2.45) is 5.92 Å². The summed E-state index contributed by atoms with van der Waals surface area (Å²) in [5.74, 6) is 1.23. The number of rotatable bonds is 4. The van der Waals surface area contributed by atoms with Crippen LogP contribution in [0.1, 0.15) is 25.7 Å². The van der Waals surface area contributed by atoms with Gasteiger partial charge in [0.05, 0.1) is 6.10 Å². The maximum Gasteiger partial charge on any atom is 0.125 e. The second kappa shape index (κ2) is 6.25. The normalized spacial score (nSPS) is 28.2. The highest BCUT2D eigenvalue weighted by molar-refractivity contribution is 6.08. The van der Waals surface area contributed by atoms with Gasteiger partial charge in [0.15, 0.2) is 0 Å². The molecular weight excluding hydrogens is 244 g/mol. The Morgan fingerprint density at radius 1 is 1.33 bits per heavy atom. The number of phenolic OH excluding ortho intramolecular Hbond substituents is 1. The van der Waals surface area contributed by atoms with Gasteiger partial charge in [-0.1, -0.05) is 18.5 Å². The lowest BCUT2D eigenvalue weighted by molar-refractivity contribution is -0.0320. The molecule has 1 aromatic rings. The Bertz CT molecular complexity index is 381. The third kappa shape index (κ3) is 3.27. The molecule has 0 aromatic heterocycles. The Labute approximate surface area is 111 Å². The Morgan fingerprint density at radius 3 is 2.89 bits per heavy atom. The Balaban J connectivity index is 1.99. The van der Waals surface area contributed by atoms with E-state index >= 15 is 0 Å². The van der Waals surface area contributed by atoms with E-state index in [0.717, 1.165) is 25.7 Å². The van der Waals surface area contributed by atoms with Gasteiger partial charge in [0.25, 0.3) is 0 Å². The molecule has 0 saturated heterocycles. The van der Waals surface area contributed by atoms with Crippen LogP contribution < -0.4 is 4.74 Å². The topological polar surface area (TPSA) is 49.7 Å². The zero-order valence-corrected chi connectivity index (χ0v) is 12.9. The minimum Gasteiger partial charge on any atom is -0.508 e. The molecule has 3 unspecified atom stereocenters. The highest BCUT2D eigenvalue weighted by Gasteiger charge is 2.32. The molecule has 0 bridgehead atoms. The summed E-state index contributed by atoms with van der Waals surface area (Å²) in [6, 6.07) is 8.04. The summed E-state index contributed by atoms with van der Waals surface area (Å²) in [5.41, 5.74) is 0. The van der Waals surface area contributed by atoms with Crippen LogP contribution in [0.5, 0.6) is 11.5 Å². The van der Waals surface area contributed by atoms with Gasteiger partial charge in [-0.2, -0.15) is 0 Å². The van der Waals surface area contributed by atoms with E-state index in [-0.39, 0.29) is 18.0 Å². The summed E-state index contributed by atoms with van der Waals surface area (Å²) in [4.78, 5) is 0. The monoisotopic (exact) mass is 266 g/mol. The van der Waals surface area contributed by atoms with Gasteiger partial charge in [-0.3, -0.25) is 0 Å². The van der Waals surface area contributed by atoms with E-state index in [1.54, 1.807) is 18.2 Å². The maximum absolute atomic E-state index is 10.3. The molecule has 2 N–H and O–H groups in total. The molecule has 1 saturated carbocycles. The second-order valence-electron chi connectivity index (χ2n) is 5.12. The second-order valence-corrected chi connectivity index (χ2v) is 6.12. The number of aliphatic hydroxyl groups is 1. The van der Waals surface area contributed by atoms with Crippen molar-refractivity contribution in [3.05, 3.63) is 24.3 Å². The molecule has 0 aliphatic heterocycles. The van der Waals surface area contributed by atoms with E-state index in [2.05, 4.69) is 0 Å². The largest absolute Gasteiger partial charge is 0.508 e. The van der Waals surface area contributed by atoms with Gasteiger partial charge in [0, 0.05) is 16.3 Å². The molecule has 3 atom stereocenters. The summed E-state index contributed by atoms with van der Waals surface area (Å²) in [7, 11) is 1.20. The fraction of sp³-hybridized carbons (Fsp3) is 0.571. The number of hydrogen-bond acceptors (Lipinski definition) is 3. The molecule has 4 heteroatoms. The molecule has 0 heterocycles. The van der Waals surface area contributed by atoms with Crippen LogP contribution in [0.25, 0.3) is 0 Å². The van der Waals surface area contributed by atoms with Crippen LogP contribution in [-0.2, 0) is 0 Å². The number of aromatic hydroxyl groups is 1. The smallest absolute Gasteiger partial charge is 0.125 e. The molecule has 3 nitrogen and oxygen atoms in total. The molecule has 1 fully saturated rings. The van der Waals surface area contributed by atoms with Gasteiger partial charge >= 0.3 is 0 Å². The lowest BCUT2D eigenvalue weighted by Gasteiger charge is -2.34. The van der Waals surface area contributed by atoms with E-state index in [1.165, 1.54) is 16.3 Å². The van der Waals surface area contributed by atoms with Crippen LogP contribution in [0.3, 0.4) is 0 Å². The number of phenols is 1. The highest BCUT2D eigenvalue weighted by Crippen LogP contribution is 2.31. The third-order valence-electron chi connectivity index (χ3n) is 3.69. The molecule has 1 aliphatic rings. The van der Waals surface area contributed by atoms with E-state index < -0.39 is 0 Å². The average molecular weight is 266 g/mol. The van der Waals surface area contributed by atoms with Crippen LogP contribution in [0, 0.1) is 5.92 Å². The number of ether oxygens (including phenoxy) is 1. The minimum absolute atomic E-state index is 0.126. The van der Waals surface area contributed by atoms with Gasteiger partial charge in [-0.25, -0.2) is 0 Å². The van der Waals surface area contributed by atoms with Crippen molar-refractivity contribution in [1.82, 2.24) is 0 Å². The quantitative estimate of drug-likeness (QED) is 0.812. The minimum atomic E-state index is -0.366. The van der Waals surface area contributed by atoms with Crippen molar-refractivity contribution in [1.29, 1.82) is 0 Å². The third-order valence-corrected chi connectivity index (χ3v) is 4.27. The molecule has 2 rings (SSSR count). The van der Waals surface area contributed by atoms with Crippen LogP contribution in [0.4, 0.5) is 0 Å². The van der Waals surface area contributed by atoms with Crippen LogP contribution in [-0.4, -0.2) is 32.7 Å². The maximum atomic E-state index is 10.3. The predicted molar refractivity (Wildman–Crippen MR) is 75.2 cm³/mol. The molecule has 0 radical (unpaired) electrons. The highest BCUT2D eigenvalue weighted by atomic mass is 28.1. The van der Waals surface area contributed by atoms with Crippen molar-refractivity contribution < 1.29 is 14.9 Å². The fourth-order valence-corrected chi connectivity index (χ4v) is 3.51. The number of benzene rings is 1. The van der Waals surface area contributed by atoms with E-state index in [1.807, 2.05) is 6.07 Å². The molecule has 100 valence electrons. The number of hydrogen-bond donors (Lipinski definition) is 2. The molecule has 1 aliphatic carbocycles. The SMILES string of the molecule is Oc1cccc(OC2CCCC(CC[SiH3])C2O)c1. The fourth-order valence-electron chi connectivity index (χ4n) is 2.77. The molecule has 18 heavy (non-hydrogen) atoms. The van der Waals surface area contributed by atoms with Crippen molar-refractivity contribution in [2.75, 3.05) is 0 Å². The first kappa shape index (κ1) is 13.4. The van der Waals surface area contributed by atoms with Crippen molar-refractivity contribution >= 4 is 10.2 Å². The summed E-state index contributed by atoms with van der Waals surface area (Å²) in [6.45, 7) is 0. The van der Waals surface area contributed by atoms with Crippen molar-refractivity contribution in [3.63, 3.8) is 0 Å². The molecule has 1 aromatic carbocycles. The lowest BCUT2D eigenvalue weighted by Crippen LogP contribution is -2.41. The summed E-state index contributed by atoms with van der Waals surface area (Å²) >= 11 is 0. The zero-order valence-electron chi connectivity index (χ0n) is 10.9.